The van der Waals surface area contributed by atoms with Crippen molar-refractivity contribution in [2.75, 3.05) is 6.54 Å². The number of fused-ring (bicyclic) bond motifs is 1. The fourth-order valence-corrected chi connectivity index (χ4v) is 1.99. The van der Waals surface area contributed by atoms with Gasteiger partial charge in [-0.2, -0.15) is 0 Å². The van der Waals surface area contributed by atoms with Gasteiger partial charge in [-0.15, -0.1) is 10.2 Å². The second-order valence-corrected chi connectivity index (χ2v) is 4.36. The van der Waals surface area contributed by atoms with E-state index in [1.165, 1.54) is 0 Å². The summed E-state index contributed by atoms with van der Waals surface area (Å²) in [7, 11) is 0. The van der Waals surface area contributed by atoms with Crippen LogP contribution < -0.4 is 0 Å². The summed E-state index contributed by atoms with van der Waals surface area (Å²) in [5.74, 6) is 0.0586. The van der Waals surface area contributed by atoms with E-state index in [2.05, 4.69) is 10.2 Å². The summed E-state index contributed by atoms with van der Waals surface area (Å²) in [5.41, 5.74) is 0. The van der Waals surface area contributed by atoms with Gasteiger partial charge in [0.2, 0.25) is 5.91 Å². The van der Waals surface area contributed by atoms with Crippen molar-refractivity contribution in [2.24, 2.45) is 0 Å². The molecule has 98 valence electrons. The van der Waals surface area contributed by atoms with Crippen molar-refractivity contribution in [3.63, 3.8) is 0 Å². The molecule has 0 fully saturated rings. The van der Waals surface area contributed by atoms with Crippen LogP contribution in [0.2, 0.25) is 0 Å². The summed E-state index contributed by atoms with van der Waals surface area (Å²) in [6, 6.07) is 0. The van der Waals surface area contributed by atoms with Crippen molar-refractivity contribution in [1.29, 1.82) is 0 Å². The van der Waals surface area contributed by atoms with Gasteiger partial charge in [-0.1, -0.05) is 0 Å². The molecule has 7 nitrogen and oxygen atoms in total. The van der Waals surface area contributed by atoms with E-state index in [-0.39, 0.29) is 12.3 Å². The minimum Gasteiger partial charge on any atom is -0.481 e. The van der Waals surface area contributed by atoms with E-state index in [0.717, 1.165) is 12.4 Å². The third kappa shape index (κ3) is 3.06. The first-order valence-corrected chi connectivity index (χ1v) is 6.03. The Bertz CT molecular complexity index is 443. The van der Waals surface area contributed by atoms with Crippen molar-refractivity contribution in [3.05, 3.63) is 12.2 Å². The molecule has 7 heteroatoms. The summed E-state index contributed by atoms with van der Waals surface area (Å²) in [5, 5.41) is 16.3. The highest BCUT2D eigenvalue weighted by Crippen LogP contribution is 2.12. The number of hydrogen-bond acceptors (Lipinski definition) is 4. The van der Waals surface area contributed by atoms with Crippen LogP contribution in [-0.4, -0.2) is 43.2 Å². The molecule has 1 aliphatic rings. The van der Waals surface area contributed by atoms with Crippen LogP contribution in [0.4, 0.5) is 0 Å². The van der Waals surface area contributed by atoms with Crippen LogP contribution >= 0.6 is 0 Å². The van der Waals surface area contributed by atoms with E-state index in [1.54, 1.807) is 11.2 Å². The predicted molar refractivity (Wildman–Crippen MR) is 61.5 cm³/mol. The van der Waals surface area contributed by atoms with E-state index in [9.17, 15) is 9.59 Å². The maximum Gasteiger partial charge on any atom is 0.303 e. The largest absolute Gasteiger partial charge is 0.481 e. The molecule has 18 heavy (non-hydrogen) atoms. The number of aliphatic carboxylic acids is 1. The summed E-state index contributed by atoms with van der Waals surface area (Å²) >= 11 is 0. The molecular weight excluding hydrogens is 236 g/mol. The predicted octanol–water partition coefficient (Wildman–Crippen LogP) is 0.265. The van der Waals surface area contributed by atoms with Crippen LogP contribution in [0.5, 0.6) is 0 Å². The highest BCUT2D eigenvalue weighted by atomic mass is 16.4. The van der Waals surface area contributed by atoms with Gasteiger partial charge >= 0.3 is 5.97 Å². The summed E-state index contributed by atoms with van der Waals surface area (Å²) in [4.78, 5) is 24.0. The Morgan fingerprint density at radius 3 is 2.83 bits per heavy atom. The molecule has 0 bridgehead atoms. The van der Waals surface area contributed by atoms with Gasteiger partial charge in [0.05, 0.1) is 6.54 Å². The van der Waals surface area contributed by atoms with Gasteiger partial charge in [0, 0.05) is 25.9 Å². The Balaban J connectivity index is 1.75. The number of carboxylic acids is 1. The second kappa shape index (κ2) is 5.61. The fraction of sp³-hybridized carbons (Fsp3) is 0.636. The molecule has 0 aromatic carbocycles. The average Bonchev–Trinajstić information content (AvgIpc) is 2.81. The Morgan fingerprint density at radius 1 is 1.28 bits per heavy atom. The third-order valence-electron chi connectivity index (χ3n) is 3.02. The first-order chi connectivity index (χ1) is 8.66. The van der Waals surface area contributed by atoms with Crippen LogP contribution in [0.15, 0.2) is 6.33 Å². The quantitative estimate of drug-likeness (QED) is 0.760. The normalized spacial score (nSPS) is 14.3. The van der Waals surface area contributed by atoms with Crippen LogP contribution in [0.1, 0.15) is 31.5 Å². The standard InChI is InChI=1S/C11H16N4O3/c16-10(3-1-2-4-11(17)18)14-5-6-15-8-12-13-9(15)7-14/h8H,1-7H2,(H,17,18). The minimum atomic E-state index is -0.812. The molecule has 0 radical (unpaired) electrons. The molecule has 1 aromatic rings. The molecule has 1 aromatic heterocycles. The average molecular weight is 252 g/mol. The molecule has 0 saturated heterocycles. The lowest BCUT2D eigenvalue weighted by Gasteiger charge is -2.27. The highest BCUT2D eigenvalue weighted by molar-refractivity contribution is 5.76. The number of nitrogens with zero attached hydrogens (tertiary/aromatic N) is 4. The zero-order chi connectivity index (χ0) is 13.0. The number of carbonyl (C=O) groups is 2. The molecular formula is C11H16N4O3. The van der Waals surface area contributed by atoms with Crippen molar-refractivity contribution in [2.45, 2.75) is 38.8 Å². The first kappa shape index (κ1) is 12.5. The SMILES string of the molecule is O=C(O)CCCCC(=O)N1CCn2cnnc2C1. The lowest BCUT2D eigenvalue weighted by Crippen LogP contribution is -2.38. The van der Waals surface area contributed by atoms with Crippen LogP contribution in [-0.2, 0) is 22.7 Å². The van der Waals surface area contributed by atoms with Crippen molar-refractivity contribution in [1.82, 2.24) is 19.7 Å². The molecule has 0 saturated carbocycles. The smallest absolute Gasteiger partial charge is 0.303 e. The molecule has 0 spiro atoms. The van der Waals surface area contributed by atoms with E-state index >= 15 is 0 Å². The van der Waals surface area contributed by atoms with Gasteiger partial charge < -0.3 is 14.6 Å². The fourth-order valence-electron chi connectivity index (χ4n) is 1.99. The molecule has 1 N–H and O–H groups in total. The number of rotatable bonds is 5. The first-order valence-electron chi connectivity index (χ1n) is 6.03. The minimum absolute atomic E-state index is 0.0645. The van der Waals surface area contributed by atoms with Gasteiger partial charge in [-0.25, -0.2) is 0 Å². The van der Waals surface area contributed by atoms with Gasteiger partial charge in [0.25, 0.3) is 0 Å². The van der Waals surface area contributed by atoms with Crippen molar-refractivity contribution in [3.8, 4) is 0 Å². The zero-order valence-corrected chi connectivity index (χ0v) is 10.1. The lowest BCUT2D eigenvalue weighted by atomic mass is 10.1. The molecule has 1 amide bonds. The number of unbranched alkanes of at least 4 members (excludes halogenated alkanes) is 1. The number of carbonyl (C=O) groups excluding carboxylic acids is 1. The zero-order valence-electron chi connectivity index (χ0n) is 10.1. The number of hydrogen-bond donors (Lipinski definition) is 1. The highest BCUT2D eigenvalue weighted by Gasteiger charge is 2.21. The topological polar surface area (TPSA) is 88.3 Å². The maximum absolute atomic E-state index is 11.9. The Kier molecular flexibility index (Phi) is 3.91. The molecule has 0 unspecified atom stereocenters. The van der Waals surface area contributed by atoms with E-state index < -0.39 is 5.97 Å². The number of carboxylic acid groups (broad SMARTS) is 1. The van der Waals surface area contributed by atoms with Crippen LogP contribution in [0.25, 0.3) is 0 Å². The molecule has 0 atom stereocenters. The third-order valence-corrected chi connectivity index (χ3v) is 3.02. The second-order valence-electron chi connectivity index (χ2n) is 4.36. The van der Waals surface area contributed by atoms with Crippen LogP contribution in [0, 0.1) is 0 Å². The van der Waals surface area contributed by atoms with E-state index in [1.807, 2.05) is 4.57 Å². The molecule has 0 aliphatic carbocycles. The number of aromatic nitrogens is 3. The van der Waals surface area contributed by atoms with E-state index in [4.69, 9.17) is 5.11 Å². The van der Waals surface area contributed by atoms with Crippen molar-refractivity contribution >= 4 is 11.9 Å². The lowest BCUT2D eigenvalue weighted by molar-refractivity contribution is -0.137. The van der Waals surface area contributed by atoms with Crippen molar-refractivity contribution < 1.29 is 14.7 Å². The Labute approximate surface area is 104 Å². The van der Waals surface area contributed by atoms with Gasteiger partial charge in [0.15, 0.2) is 5.82 Å². The monoisotopic (exact) mass is 252 g/mol. The van der Waals surface area contributed by atoms with Crippen LogP contribution in [0.3, 0.4) is 0 Å². The molecule has 2 rings (SSSR count). The maximum atomic E-state index is 11.9. The summed E-state index contributed by atoms with van der Waals surface area (Å²) < 4.78 is 1.94. The van der Waals surface area contributed by atoms with Gasteiger partial charge in [-0.3, -0.25) is 9.59 Å². The molecule has 1 aliphatic heterocycles. The Hall–Kier alpha value is -1.92. The summed E-state index contributed by atoms with van der Waals surface area (Å²) in [6.07, 6.45) is 3.37. The van der Waals surface area contributed by atoms with Gasteiger partial charge in [0.1, 0.15) is 6.33 Å². The van der Waals surface area contributed by atoms with Gasteiger partial charge in [-0.05, 0) is 12.8 Å². The summed E-state index contributed by atoms with van der Waals surface area (Å²) in [6.45, 7) is 1.89. The molecule has 2 heterocycles. The number of amides is 1. The Morgan fingerprint density at radius 2 is 2.06 bits per heavy atom. The van der Waals surface area contributed by atoms with E-state index in [0.29, 0.717) is 32.4 Å².